The minimum absolute atomic E-state index is 0.0136. The van der Waals surface area contributed by atoms with E-state index < -0.39 is 81.3 Å². The van der Waals surface area contributed by atoms with Crippen LogP contribution in [0.2, 0.25) is 0 Å². The van der Waals surface area contributed by atoms with Gasteiger partial charge in [0.15, 0.2) is 0 Å². The van der Waals surface area contributed by atoms with Crippen LogP contribution in [0.5, 0.6) is 46.0 Å². The third kappa shape index (κ3) is 19.0. The van der Waals surface area contributed by atoms with Gasteiger partial charge in [-0.2, -0.15) is 52.7 Å². The number of piperazine rings is 4. The van der Waals surface area contributed by atoms with Gasteiger partial charge in [0.25, 0.3) is 11.8 Å². The summed E-state index contributed by atoms with van der Waals surface area (Å²) in [6, 6.07) is 27.3. The van der Waals surface area contributed by atoms with Crippen LogP contribution in [0.4, 0.5) is 70.2 Å². The monoisotopic (exact) mass is 1410 g/mol. The van der Waals surface area contributed by atoms with E-state index in [1.807, 2.05) is 4.90 Å². The van der Waals surface area contributed by atoms with Crippen molar-refractivity contribution < 1.29 is 89.2 Å². The molecule has 0 saturated carbocycles. The van der Waals surface area contributed by atoms with E-state index in [0.29, 0.717) is 107 Å². The zero-order valence-corrected chi connectivity index (χ0v) is 54.0. The van der Waals surface area contributed by atoms with E-state index in [9.17, 15) is 70.2 Å². The molecule has 0 atom stereocenters. The topological polar surface area (TPSA) is 98.0 Å². The van der Waals surface area contributed by atoms with Gasteiger partial charge in [-0.3, -0.25) is 19.6 Å². The average molecular weight is 1410 g/mol. The van der Waals surface area contributed by atoms with Crippen LogP contribution in [-0.4, -0.2) is 137 Å². The smallest absolute Gasteiger partial charge is 0.419 e. The van der Waals surface area contributed by atoms with Crippen molar-refractivity contribution in [1.29, 1.82) is 0 Å². The minimum Gasteiger partial charge on any atom is -0.457 e. The van der Waals surface area contributed by atoms with Crippen LogP contribution < -0.4 is 40.2 Å². The van der Waals surface area contributed by atoms with Crippen molar-refractivity contribution in [3.8, 4) is 46.0 Å². The minimum atomic E-state index is -5.99. The Morgan fingerprint density at radius 3 is 0.717 bits per heavy atom. The number of halogens is 16. The molecule has 0 unspecified atom stereocenters. The fraction of sp³-hybridized carbons (Fsp3) is 0.408. The summed E-state index contributed by atoms with van der Waals surface area (Å²) in [5.41, 5.74) is -7.72. The number of nitrogens with one attached hydrogen (secondary N) is 4. The first kappa shape index (κ1) is 74.0. The van der Waals surface area contributed by atoms with Crippen LogP contribution in [-0.2, 0) is 55.8 Å². The van der Waals surface area contributed by atoms with Crippen molar-refractivity contribution in [1.82, 2.24) is 40.9 Å². The van der Waals surface area contributed by atoms with Crippen LogP contribution in [0.25, 0.3) is 0 Å². The Hall–Kier alpha value is -7.70. The fourth-order valence-corrected chi connectivity index (χ4v) is 12.3. The van der Waals surface area contributed by atoms with Crippen molar-refractivity contribution in [2.24, 2.45) is 0 Å². The lowest BCUT2D eigenvalue weighted by molar-refractivity contribution is -0.288. The van der Waals surface area contributed by atoms with Crippen molar-refractivity contribution in [2.45, 2.75) is 82.0 Å². The van der Waals surface area contributed by atoms with Crippen LogP contribution in [0, 0.1) is 0 Å². The van der Waals surface area contributed by atoms with Gasteiger partial charge in [0, 0.05) is 145 Å². The zero-order valence-electron chi connectivity index (χ0n) is 54.0. The molecule has 4 N–H and O–H groups in total. The highest BCUT2D eigenvalue weighted by atomic mass is 19.4. The Labute approximate surface area is 562 Å². The number of nitrogens with zero attached hydrogens (tertiary/aromatic N) is 4. The normalized spacial score (nSPS) is 17.0. The van der Waals surface area contributed by atoms with Gasteiger partial charge >= 0.3 is 24.7 Å². The Kier molecular flexibility index (Phi) is 23.2. The molecule has 0 spiro atoms. The molecule has 0 aromatic heterocycles. The van der Waals surface area contributed by atoms with Crippen LogP contribution in [0.1, 0.15) is 69.5 Å². The number of rotatable bonds is 20. The molecular formula is C71H74F16N8O4. The Balaban J connectivity index is 0.000000224. The highest BCUT2D eigenvalue weighted by Gasteiger charge is 2.72. The Bertz CT molecular complexity index is 3540. The highest BCUT2D eigenvalue weighted by Crippen LogP contribution is 2.57. The van der Waals surface area contributed by atoms with Gasteiger partial charge in [-0.15, -0.1) is 0 Å². The molecule has 4 heterocycles. The molecule has 12 nitrogen and oxygen atoms in total. The largest absolute Gasteiger partial charge is 0.457 e. The summed E-state index contributed by atoms with van der Waals surface area (Å²) >= 11 is 0. The van der Waals surface area contributed by atoms with Crippen molar-refractivity contribution in [3.05, 3.63) is 201 Å². The lowest BCUT2D eigenvalue weighted by atomic mass is 9.73. The second-order valence-electron chi connectivity index (χ2n) is 24.9. The van der Waals surface area contributed by atoms with Crippen molar-refractivity contribution in [2.75, 3.05) is 105 Å². The summed E-state index contributed by atoms with van der Waals surface area (Å²) in [6.45, 7) is 15.1. The van der Waals surface area contributed by atoms with E-state index in [1.54, 1.807) is 18.2 Å². The number of benzene rings is 7. The number of alkyl halides is 16. The van der Waals surface area contributed by atoms with Crippen LogP contribution in [0.3, 0.4) is 0 Å². The number of hydrogen-bond acceptors (Lipinski definition) is 12. The van der Waals surface area contributed by atoms with E-state index in [2.05, 4.69) is 36.0 Å². The number of hydrogen-bond donors (Lipinski definition) is 4. The molecule has 7 aromatic rings. The Morgan fingerprint density at radius 1 is 0.293 bits per heavy atom. The SMILES string of the molecule is CC(F)(F)c1cc(CN2CCNCC2)ccc1Oc1ccc(C(c2ccc(Oc3ccc(CN4CCNCC4)cc3C(F)(F)F)cc2)(C(F)(F)F)C(F)(F)F)cc1.CC(F)(F)c1cc(CN2CCNCC2)ccc1Oc1ccc(Oc2ccc(CN3CCNCC3)cc2C(F)(F)F)cc1. The number of ether oxygens (including phenoxy) is 4. The summed E-state index contributed by atoms with van der Waals surface area (Å²) in [4.78, 5) is 8.32. The second-order valence-corrected chi connectivity index (χ2v) is 24.9. The summed E-state index contributed by atoms with van der Waals surface area (Å²) in [5.74, 6) is -8.20. The average Bonchev–Trinajstić information content (AvgIpc) is 0.712. The maximum Gasteiger partial charge on any atom is 0.419 e. The predicted octanol–water partition coefficient (Wildman–Crippen LogP) is 15.8. The molecule has 0 radical (unpaired) electrons. The van der Waals surface area contributed by atoms with E-state index in [4.69, 9.17) is 18.9 Å². The third-order valence-corrected chi connectivity index (χ3v) is 17.4. The van der Waals surface area contributed by atoms with Crippen LogP contribution >= 0.6 is 0 Å². The van der Waals surface area contributed by atoms with E-state index >= 15 is 0 Å². The lowest BCUT2D eigenvalue weighted by Gasteiger charge is -2.38. The first-order valence-electron chi connectivity index (χ1n) is 32.1. The van der Waals surface area contributed by atoms with E-state index in [0.717, 1.165) is 120 Å². The molecule has 11 rings (SSSR count). The molecule has 0 bridgehead atoms. The highest BCUT2D eigenvalue weighted by molar-refractivity contribution is 5.51. The first-order valence-corrected chi connectivity index (χ1v) is 32.1. The summed E-state index contributed by atoms with van der Waals surface area (Å²) in [5, 5.41) is 12.8. The maximum atomic E-state index is 14.9. The third-order valence-electron chi connectivity index (χ3n) is 17.4. The zero-order chi connectivity index (χ0) is 71.0. The van der Waals surface area contributed by atoms with Crippen LogP contribution in [0.15, 0.2) is 146 Å². The molecule has 4 fully saturated rings. The van der Waals surface area contributed by atoms with Gasteiger partial charge in [-0.05, 0) is 130 Å². The molecule has 4 aliphatic heterocycles. The van der Waals surface area contributed by atoms with Gasteiger partial charge in [0.1, 0.15) is 46.0 Å². The van der Waals surface area contributed by atoms with E-state index in [-0.39, 0.29) is 46.6 Å². The molecule has 7 aromatic carbocycles. The van der Waals surface area contributed by atoms with Gasteiger partial charge in [0.05, 0.1) is 22.3 Å². The van der Waals surface area contributed by atoms with Gasteiger partial charge in [-0.1, -0.05) is 48.5 Å². The lowest BCUT2D eigenvalue weighted by Crippen LogP contribution is -2.54. The molecular weight excluding hydrogens is 1330 g/mol. The molecule has 4 aliphatic rings. The van der Waals surface area contributed by atoms with Gasteiger partial charge in [-0.25, -0.2) is 17.6 Å². The Morgan fingerprint density at radius 2 is 0.505 bits per heavy atom. The second kappa shape index (κ2) is 31.0. The maximum absolute atomic E-state index is 14.9. The molecule has 0 amide bonds. The van der Waals surface area contributed by atoms with Crippen molar-refractivity contribution in [3.63, 3.8) is 0 Å². The van der Waals surface area contributed by atoms with Crippen molar-refractivity contribution >= 4 is 0 Å². The molecule has 28 heteroatoms. The fourth-order valence-electron chi connectivity index (χ4n) is 12.3. The summed E-state index contributed by atoms with van der Waals surface area (Å²) in [7, 11) is 0. The van der Waals surface area contributed by atoms with E-state index in [1.165, 1.54) is 60.7 Å². The van der Waals surface area contributed by atoms with Gasteiger partial charge in [0.2, 0.25) is 5.41 Å². The predicted molar refractivity (Wildman–Crippen MR) is 340 cm³/mol. The molecule has 0 aliphatic carbocycles. The first-order chi connectivity index (χ1) is 46.8. The summed E-state index contributed by atoms with van der Waals surface area (Å²) in [6.07, 6.45) is -21.5. The molecule has 99 heavy (non-hydrogen) atoms. The standard InChI is InChI=1S/C40H39F11N4O2.C31H35F5N4O2/c1-36(41,42)32-22-26(24-54-18-14-52-15-19-54)2-12-34(32)56-30-8-4-28(5-9-30)37(39(46,47)48,40(49,50)51)29-6-10-31(11-7-29)57-35-13-3-27(23-33(35)38(43,44)45)25-55-20-16-53-17-21-55;1-30(32,33)26-18-22(20-39-14-10-37-11-15-39)2-8-28(26)41-24-4-6-25(7-5-24)42-29-9-3-23(19-27(29)31(34,35)36)21-40-16-12-38-13-17-40/h2-13,22-23,52-53H,14-21,24-25H2,1H3;2-9,18-19,37-38H,10-17,20-21H2,1H3. The molecule has 534 valence electrons. The van der Waals surface area contributed by atoms with Gasteiger partial charge < -0.3 is 40.2 Å². The molecule has 4 saturated heterocycles. The quantitative estimate of drug-likeness (QED) is 0.0547. The summed E-state index contributed by atoms with van der Waals surface area (Å²) < 4.78 is 255.